The normalized spacial score (nSPS) is 10.7. The van der Waals surface area contributed by atoms with Crippen LogP contribution in [-0.2, 0) is 0 Å². The highest BCUT2D eigenvalue weighted by Gasteiger charge is 2.11. The first-order valence-electron chi connectivity index (χ1n) is 5.23. The van der Waals surface area contributed by atoms with Crippen LogP contribution in [0.4, 0.5) is 11.6 Å². The second kappa shape index (κ2) is 4.40. The van der Waals surface area contributed by atoms with Gasteiger partial charge in [0.15, 0.2) is 0 Å². The van der Waals surface area contributed by atoms with Crippen molar-refractivity contribution in [3.05, 3.63) is 40.6 Å². The molecule has 3 heterocycles. The molecule has 6 heteroatoms. The molecule has 0 saturated carbocycles. The van der Waals surface area contributed by atoms with Crippen LogP contribution in [0.2, 0.25) is 0 Å². The molecule has 0 unspecified atom stereocenters. The van der Waals surface area contributed by atoms with Crippen LogP contribution >= 0.6 is 22.7 Å². The molecule has 4 nitrogen and oxygen atoms in total. The van der Waals surface area contributed by atoms with E-state index in [0.29, 0.717) is 16.5 Å². The highest BCUT2D eigenvalue weighted by atomic mass is 32.2. The molecule has 0 atom stereocenters. The molecule has 0 radical (unpaired) electrons. The SMILES string of the molecule is Nc1cccc(NC(=O)c2cc3ccsc3s2)n1. The van der Waals surface area contributed by atoms with Crippen molar-refractivity contribution in [1.29, 1.82) is 0 Å². The number of hydrogen-bond acceptors (Lipinski definition) is 5. The smallest absolute Gasteiger partial charge is 0.266 e. The van der Waals surface area contributed by atoms with Gasteiger partial charge in [-0.15, -0.1) is 22.7 Å². The molecule has 0 aliphatic rings. The van der Waals surface area contributed by atoms with Gasteiger partial charge in [0.25, 0.3) is 5.91 Å². The van der Waals surface area contributed by atoms with Crippen molar-refractivity contribution in [2.75, 3.05) is 11.1 Å². The Kier molecular flexibility index (Phi) is 2.73. The van der Waals surface area contributed by atoms with Gasteiger partial charge in [0.1, 0.15) is 11.6 Å². The molecular weight excluding hydrogens is 266 g/mol. The van der Waals surface area contributed by atoms with Crippen molar-refractivity contribution in [2.24, 2.45) is 0 Å². The number of fused-ring (bicyclic) bond motifs is 1. The number of nitrogens with two attached hydrogens (primary N) is 1. The molecule has 18 heavy (non-hydrogen) atoms. The van der Waals surface area contributed by atoms with Crippen LogP contribution < -0.4 is 11.1 Å². The maximum Gasteiger partial charge on any atom is 0.266 e. The van der Waals surface area contributed by atoms with E-state index in [9.17, 15) is 4.79 Å². The van der Waals surface area contributed by atoms with E-state index in [0.717, 1.165) is 9.40 Å². The number of nitrogens with one attached hydrogen (secondary N) is 1. The summed E-state index contributed by atoms with van der Waals surface area (Å²) in [5.74, 6) is 0.707. The molecule has 3 aromatic rings. The van der Waals surface area contributed by atoms with E-state index >= 15 is 0 Å². The Hall–Kier alpha value is -1.92. The number of nitrogen functional groups attached to an aromatic ring is 1. The summed E-state index contributed by atoms with van der Waals surface area (Å²) < 4.78 is 1.15. The Morgan fingerprint density at radius 1 is 1.33 bits per heavy atom. The van der Waals surface area contributed by atoms with Crippen molar-refractivity contribution in [2.45, 2.75) is 0 Å². The van der Waals surface area contributed by atoms with E-state index in [1.807, 2.05) is 17.5 Å². The van der Waals surface area contributed by atoms with E-state index in [-0.39, 0.29) is 5.91 Å². The predicted molar refractivity (Wildman–Crippen MR) is 76.3 cm³/mol. The predicted octanol–water partition coefficient (Wildman–Crippen LogP) is 3.19. The number of hydrogen-bond donors (Lipinski definition) is 2. The summed E-state index contributed by atoms with van der Waals surface area (Å²) in [6.07, 6.45) is 0. The Balaban J connectivity index is 1.85. The molecule has 0 bridgehead atoms. The van der Waals surface area contributed by atoms with Gasteiger partial charge in [0.2, 0.25) is 0 Å². The number of pyridine rings is 1. The number of thiophene rings is 2. The maximum absolute atomic E-state index is 12.0. The number of carbonyl (C=O) groups excluding carboxylic acids is 1. The minimum absolute atomic E-state index is 0.151. The third-order valence-electron chi connectivity index (χ3n) is 2.38. The van der Waals surface area contributed by atoms with Crippen LogP contribution in [0.1, 0.15) is 9.67 Å². The van der Waals surface area contributed by atoms with E-state index < -0.39 is 0 Å². The highest BCUT2D eigenvalue weighted by molar-refractivity contribution is 7.38. The van der Waals surface area contributed by atoms with Gasteiger partial charge in [0, 0.05) is 5.39 Å². The van der Waals surface area contributed by atoms with Crippen LogP contribution in [0.15, 0.2) is 35.7 Å². The first-order valence-corrected chi connectivity index (χ1v) is 6.93. The van der Waals surface area contributed by atoms with Gasteiger partial charge in [-0.2, -0.15) is 0 Å². The zero-order valence-electron chi connectivity index (χ0n) is 9.21. The van der Waals surface area contributed by atoms with Gasteiger partial charge in [-0.25, -0.2) is 4.98 Å². The van der Waals surface area contributed by atoms with E-state index in [1.54, 1.807) is 29.5 Å². The minimum Gasteiger partial charge on any atom is -0.384 e. The van der Waals surface area contributed by atoms with Gasteiger partial charge in [0.05, 0.1) is 8.89 Å². The summed E-state index contributed by atoms with van der Waals surface area (Å²) in [4.78, 5) is 16.7. The lowest BCUT2D eigenvalue weighted by Gasteiger charge is -2.02. The van der Waals surface area contributed by atoms with E-state index in [1.165, 1.54) is 11.3 Å². The Labute approximate surface area is 111 Å². The van der Waals surface area contributed by atoms with E-state index in [4.69, 9.17) is 5.73 Å². The lowest BCUT2D eigenvalue weighted by atomic mass is 10.3. The summed E-state index contributed by atoms with van der Waals surface area (Å²) in [5.41, 5.74) is 5.56. The molecule has 0 aliphatic heterocycles. The maximum atomic E-state index is 12.0. The van der Waals surface area contributed by atoms with Crippen LogP contribution in [0, 0.1) is 0 Å². The second-order valence-electron chi connectivity index (χ2n) is 3.68. The lowest BCUT2D eigenvalue weighted by molar-refractivity contribution is 0.103. The number of anilines is 2. The Bertz CT molecular complexity index is 688. The molecule has 0 spiro atoms. The summed E-state index contributed by atoms with van der Waals surface area (Å²) in [5, 5.41) is 5.86. The van der Waals surface area contributed by atoms with Gasteiger partial charge in [-0.05, 0) is 29.6 Å². The molecule has 1 amide bonds. The van der Waals surface area contributed by atoms with Gasteiger partial charge in [-0.1, -0.05) is 6.07 Å². The van der Waals surface area contributed by atoms with Crippen LogP contribution in [0.25, 0.3) is 9.40 Å². The number of nitrogens with zero attached hydrogens (tertiary/aromatic N) is 1. The number of aromatic nitrogens is 1. The first kappa shape index (κ1) is 11.2. The molecular formula is C12H9N3OS2. The van der Waals surface area contributed by atoms with Crippen LogP contribution in [0.3, 0.4) is 0 Å². The fourth-order valence-electron chi connectivity index (χ4n) is 1.58. The molecule has 90 valence electrons. The number of amides is 1. The van der Waals surface area contributed by atoms with Crippen molar-refractivity contribution in [3.8, 4) is 0 Å². The third-order valence-corrected chi connectivity index (χ3v) is 4.59. The summed E-state index contributed by atoms with van der Waals surface area (Å²) in [7, 11) is 0. The van der Waals surface area contributed by atoms with E-state index in [2.05, 4.69) is 10.3 Å². The molecule has 0 aliphatic carbocycles. The largest absolute Gasteiger partial charge is 0.384 e. The molecule has 0 fully saturated rings. The highest BCUT2D eigenvalue weighted by Crippen LogP contribution is 2.30. The standard InChI is InChI=1S/C12H9N3OS2/c13-9-2-1-3-10(14-9)15-11(16)8-6-7-4-5-17-12(7)18-8/h1-6H,(H3,13,14,15,16). The molecule has 0 saturated heterocycles. The fraction of sp³-hybridized carbons (Fsp3) is 0. The molecule has 0 aromatic carbocycles. The zero-order chi connectivity index (χ0) is 12.5. The molecule has 3 rings (SSSR count). The Morgan fingerprint density at radius 3 is 3.00 bits per heavy atom. The van der Waals surface area contributed by atoms with Crippen molar-refractivity contribution < 1.29 is 4.79 Å². The van der Waals surface area contributed by atoms with Crippen molar-refractivity contribution in [1.82, 2.24) is 4.98 Å². The van der Waals surface area contributed by atoms with Gasteiger partial charge < -0.3 is 11.1 Å². The van der Waals surface area contributed by atoms with Gasteiger partial charge in [-0.3, -0.25) is 4.79 Å². The minimum atomic E-state index is -0.151. The molecule has 3 aromatic heterocycles. The summed E-state index contributed by atoms with van der Waals surface area (Å²) >= 11 is 3.12. The fourth-order valence-corrected chi connectivity index (χ4v) is 3.58. The van der Waals surface area contributed by atoms with Crippen molar-refractivity contribution in [3.63, 3.8) is 0 Å². The van der Waals surface area contributed by atoms with Crippen LogP contribution in [0.5, 0.6) is 0 Å². The summed E-state index contributed by atoms with van der Waals surface area (Å²) in [6, 6.07) is 9.04. The number of carbonyl (C=O) groups is 1. The Morgan fingerprint density at radius 2 is 2.22 bits per heavy atom. The average Bonchev–Trinajstić information content (AvgIpc) is 2.88. The van der Waals surface area contributed by atoms with Crippen molar-refractivity contribution >= 4 is 49.6 Å². The lowest BCUT2D eigenvalue weighted by Crippen LogP contribution is -2.11. The monoisotopic (exact) mass is 275 g/mol. The zero-order valence-corrected chi connectivity index (χ0v) is 10.8. The topological polar surface area (TPSA) is 68.0 Å². The average molecular weight is 275 g/mol. The number of rotatable bonds is 2. The quantitative estimate of drug-likeness (QED) is 0.754. The second-order valence-corrected chi connectivity index (χ2v) is 5.90. The third kappa shape index (κ3) is 2.07. The summed E-state index contributed by atoms with van der Waals surface area (Å²) in [6.45, 7) is 0. The molecule has 3 N–H and O–H groups in total. The first-order chi connectivity index (χ1) is 8.72. The van der Waals surface area contributed by atoms with Crippen LogP contribution in [-0.4, -0.2) is 10.9 Å². The van der Waals surface area contributed by atoms with Gasteiger partial charge >= 0.3 is 0 Å².